The summed E-state index contributed by atoms with van der Waals surface area (Å²) < 4.78 is 4.80. The van der Waals surface area contributed by atoms with Crippen molar-refractivity contribution >= 4 is 34.5 Å². The van der Waals surface area contributed by atoms with Crippen LogP contribution in [0.2, 0.25) is 5.02 Å². The summed E-state index contributed by atoms with van der Waals surface area (Å²) in [4.78, 5) is 14.3. The molecule has 0 bridgehead atoms. The molecule has 1 aromatic heterocycles. The number of hydrogen-bond acceptors (Lipinski definition) is 2. The second kappa shape index (κ2) is 5.06. The minimum atomic E-state index is -0.343. The zero-order valence-electron chi connectivity index (χ0n) is 9.37. The van der Waals surface area contributed by atoms with Gasteiger partial charge in [0.1, 0.15) is 0 Å². The zero-order valence-corrected chi connectivity index (χ0v) is 10.1. The Hall–Kier alpha value is -1.74. The SMILES string of the molecule is CCOC(=O)/C=C/c1cc2cc(Cl)ccc2[nH]1. The molecule has 3 nitrogen and oxygen atoms in total. The van der Waals surface area contributed by atoms with Gasteiger partial charge < -0.3 is 9.72 Å². The fourth-order valence-corrected chi connectivity index (χ4v) is 1.74. The minimum Gasteiger partial charge on any atom is -0.463 e. The first-order valence-corrected chi connectivity index (χ1v) is 5.70. The van der Waals surface area contributed by atoms with Gasteiger partial charge in [0.2, 0.25) is 0 Å². The number of rotatable bonds is 3. The maximum atomic E-state index is 11.1. The van der Waals surface area contributed by atoms with Crippen molar-refractivity contribution in [1.82, 2.24) is 4.98 Å². The van der Waals surface area contributed by atoms with Crippen molar-refractivity contribution in [2.75, 3.05) is 6.61 Å². The Kier molecular flexibility index (Phi) is 3.49. The van der Waals surface area contributed by atoms with E-state index in [1.165, 1.54) is 6.08 Å². The first-order chi connectivity index (χ1) is 8.19. The molecule has 0 saturated heterocycles. The first-order valence-electron chi connectivity index (χ1n) is 5.32. The smallest absolute Gasteiger partial charge is 0.330 e. The molecule has 0 fully saturated rings. The molecule has 0 aliphatic rings. The molecular formula is C13H12ClNO2. The van der Waals surface area contributed by atoms with Crippen LogP contribution in [0.15, 0.2) is 30.3 Å². The highest BCUT2D eigenvalue weighted by molar-refractivity contribution is 6.31. The molecule has 1 aromatic carbocycles. The molecule has 4 heteroatoms. The van der Waals surface area contributed by atoms with Gasteiger partial charge in [0.15, 0.2) is 0 Å². The van der Waals surface area contributed by atoms with E-state index in [-0.39, 0.29) is 5.97 Å². The van der Waals surface area contributed by atoms with Gasteiger partial charge in [0.25, 0.3) is 0 Å². The Bertz CT molecular complexity index is 572. The summed E-state index contributed by atoms with van der Waals surface area (Å²) in [5.74, 6) is -0.343. The van der Waals surface area contributed by atoms with Gasteiger partial charge >= 0.3 is 5.97 Å². The van der Waals surface area contributed by atoms with E-state index in [0.29, 0.717) is 11.6 Å². The lowest BCUT2D eigenvalue weighted by Crippen LogP contribution is -1.98. The predicted molar refractivity (Wildman–Crippen MR) is 69.0 cm³/mol. The molecular weight excluding hydrogens is 238 g/mol. The molecule has 0 saturated carbocycles. The largest absolute Gasteiger partial charge is 0.463 e. The number of benzene rings is 1. The second-order valence-electron chi connectivity index (χ2n) is 3.54. The van der Waals surface area contributed by atoms with Crippen molar-refractivity contribution in [2.24, 2.45) is 0 Å². The number of nitrogens with one attached hydrogen (secondary N) is 1. The van der Waals surface area contributed by atoms with E-state index >= 15 is 0 Å². The second-order valence-corrected chi connectivity index (χ2v) is 3.98. The number of aromatic nitrogens is 1. The molecule has 88 valence electrons. The number of aromatic amines is 1. The zero-order chi connectivity index (χ0) is 12.3. The normalized spacial score (nSPS) is 11.2. The summed E-state index contributed by atoms with van der Waals surface area (Å²) in [5.41, 5.74) is 1.83. The van der Waals surface area contributed by atoms with Gasteiger partial charge in [-0.3, -0.25) is 0 Å². The Balaban J connectivity index is 2.22. The van der Waals surface area contributed by atoms with E-state index in [1.807, 2.05) is 24.3 Å². The van der Waals surface area contributed by atoms with E-state index in [2.05, 4.69) is 4.98 Å². The average Bonchev–Trinajstić information content (AvgIpc) is 2.68. The Morgan fingerprint density at radius 2 is 2.29 bits per heavy atom. The van der Waals surface area contributed by atoms with E-state index in [0.717, 1.165) is 16.6 Å². The maximum absolute atomic E-state index is 11.1. The maximum Gasteiger partial charge on any atom is 0.330 e. The number of carbonyl (C=O) groups is 1. The number of halogens is 1. The lowest BCUT2D eigenvalue weighted by molar-refractivity contribution is -0.137. The summed E-state index contributed by atoms with van der Waals surface area (Å²) in [7, 11) is 0. The van der Waals surface area contributed by atoms with E-state index in [1.54, 1.807) is 13.0 Å². The molecule has 0 aliphatic carbocycles. The molecule has 2 rings (SSSR count). The van der Waals surface area contributed by atoms with Gasteiger partial charge in [0, 0.05) is 27.7 Å². The molecule has 2 aromatic rings. The number of H-pyrrole nitrogens is 1. The van der Waals surface area contributed by atoms with Crippen molar-refractivity contribution < 1.29 is 9.53 Å². The fraction of sp³-hybridized carbons (Fsp3) is 0.154. The van der Waals surface area contributed by atoms with Gasteiger partial charge in [-0.25, -0.2) is 4.79 Å². The minimum absolute atomic E-state index is 0.343. The third-order valence-electron chi connectivity index (χ3n) is 2.29. The quantitative estimate of drug-likeness (QED) is 0.669. The van der Waals surface area contributed by atoms with Crippen LogP contribution in [0.25, 0.3) is 17.0 Å². The van der Waals surface area contributed by atoms with Crippen LogP contribution in [-0.4, -0.2) is 17.6 Å². The standard InChI is InChI=1S/C13H12ClNO2/c1-2-17-13(16)6-4-11-8-9-7-10(14)3-5-12(9)15-11/h3-8,15H,2H2,1H3/b6-4+. The molecule has 17 heavy (non-hydrogen) atoms. The lowest BCUT2D eigenvalue weighted by Gasteiger charge is -1.93. The highest BCUT2D eigenvalue weighted by Crippen LogP contribution is 2.20. The summed E-state index contributed by atoms with van der Waals surface area (Å²) in [6, 6.07) is 7.52. The molecule has 0 amide bonds. The van der Waals surface area contributed by atoms with Crippen LogP contribution in [0.1, 0.15) is 12.6 Å². The van der Waals surface area contributed by atoms with Crippen molar-refractivity contribution in [3.8, 4) is 0 Å². The Labute approximate surface area is 104 Å². The third-order valence-corrected chi connectivity index (χ3v) is 2.52. The monoisotopic (exact) mass is 249 g/mol. The van der Waals surface area contributed by atoms with Gasteiger partial charge in [-0.05, 0) is 37.3 Å². The molecule has 0 atom stereocenters. The van der Waals surface area contributed by atoms with Crippen LogP contribution >= 0.6 is 11.6 Å². The molecule has 1 N–H and O–H groups in total. The number of hydrogen-bond donors (Lipinski definition) is 1. The average molecular weight is 250 g/mol. The topological polar surface area (TPSA) is 42.1 Å². The summed E-state index contributed by atoms with van der Waals surface area (Å²) in [6.45, 7) is 2.15. The van der Waals surface area contributed by atoms with E-state index in [9.17, 15) is 4.79 Å². The highest BCUT2D eigenvalue weighted by Gasteiger charge is 2.00. The van der Waals surface area contributed by atoms with Crippen LogP contribution in [-0.2, 0) is 9.53 Å². The molecule has 0 radical (unpaired) electrons. The van der Waals surface area contributed by atoms with Crippen LogP contribution < -0.4 is 0 Å². The van der Waals surface area contributed by atoms with Gasteiger partial charge in [0.05, 0.1) is 6.61 Å². The number of ether oxygens (including phenoxy) is 1. The van der Waals surface area contributed by atoms with Gasteiger partial charge in [-0.2, -0.15) is 0 Å². The molecule has 0 unspecified atom stereocenters. The first kappa shape index (κ1) is 11.7. The molecule has 0 spiro atoms. The van der Waals surface area contributed by atoms with Crippen molar-refractivity contribution in [2.45, 2.75) is 6.92 Å². The van der Waals surface area contributed by atoms with Crippen LogP contribution in [0.3, 0.4) is 0 Å². The van der Waals surface area contributed by atoms with Crippen LogP contribution in [0.5, 0.6) is 0 Å². The number of esters is 1. The molecule has 0 aliphatic heterocycles. The van der Waals surface area contributed by atoms with Gasteiger partial charge in [-0.15, -0.1) is 0 Å². The molecule has 1 heterocycles. The van der Waals surface area contributed by atoms with Crippen LogP contribution in [0, 0.1) is 0 Å². The highest BCUT2D eigenvalue weighted by atomic mass is 35.5. The van der Waals surface area contributed by atoms with Crippen LogP contribution in [0.4, 0.5) is 0 Å². The lowest BCUT2D eigenvalue weighted by atomic mass is 10.2. The predicted octanol–water partition coefficient (Wildman–Crippen LogP) is 3.40. The van der Waals surface area contributed by atoms with Gasteiger partial charge in [-0.1, -0.05) is 11.6 Å². The van der Waals surface area contributed by atoms with Crippen molar-refractivity contribution in [3.63, 3.8) is 0 Å². The Morgan fingerprint density at radius 1 is 1.47 bits per heavy atom. The number of carbonyl (C=O) groups excluding carboxylic acids is 1. The summed E-state index contributed by atoms with van der Waals surface area (Å²) >= 11 is 5.89. The summed E-state index contributed by atoms with van der Waals surface area (Å²) in [6.07, 6.45) is 3.09. The van der Waals surface area contributed by atoms with E-state index < -0.39 is 0 Å². The fourth-order valence-electron chi connectivity index (χ4n) is 1.56. The van der Waals surface area contributed by atoms with Crippen molar-refractivity contribution in [3.05, 3.63) is 41.1 Å². The number of fused-ring (bicyclic) bond motifs is 1. The van der Waals surface area contributed by atoms with Crippen molar-refractivity contribution in [1.29, 1.82) is 0 Å². The van der Waals surface area contributed by atoms with E-state index in [4.69, 9.17) is 16.3 Å². The Morgan fingerprint density at radius 3 is 3.06 bits per heavy atom. The third kappa shape index (κ3) is 2.88. The summed E-state index contributed by atoms with van der Waals surface area (Å²) in [5, 5.41) is 1.71.